The van der Waals surface area contributed by atoms with Crippen LogP contribution in [0.4, 0.5) is 0 Å². The molecule has 1 aromatic rings. The van der Waals surface area contributed by atoms with Gasteiger partial charge in [-0.1, -0.05) is 12.8 Å². The van der Waals surface area contributed by atoms with Gasteiger partial charge in [0, 0.05) is 22.8 Å². The van der Waals surface area contributed by atoms with Crippen molar-refractivity contribution in [2.24, 2.45) is 10.9 Å². The molecule has 0 aliphatic heterocycles. The third kappa shape index (κ3) is 6.61. The number of aliphatic imine (C=N–C) groups is 1. The van der Waals surface area contributed by atoms with Gasteiger partial charge in [-0.15, -0.1) is 35.3 Å². The smallest absolute Gasteiger partial charge is 0.191 e. The SMILES string of the molecule is CCNC(=NCc1ccc(C)s1)NCCC1CC1.I. The number of hydrogen-bond donors (Lipinski definition) is 2. The zero-order chi connectivity index (χ0) is 12.8. The summed E-state index contributed by atoms with van der Waals surface area (Å²) in [6, 6.07) is 4.32. The summed E-state index contributed by atoms with van der Waals surface area (Å²) in [5, 5.41) is 6.71. The molecule has 1 saturated carbocycles. The van der Waals surface area contributed by atoms with Gasteiger partial charge in [0.2, 0.25) is 0 Å². The lowest BCUT2D eigenvalue weighted by Crippen LogP contribution is -2.37. The average molecular weight is 393 g/mol. The molecule has 0 saturated heterocycles. The quantitative estimate of drug-likeness (QED) is 0.441. The van der Waals surface area contributed by atoms with Crippen LogP contribution in [0, 0.1) is 12.8 Å². The minimum Gasteiger partial charge on any atom is -0.357 e. The van der Waals surface area contributed by atoms with E-state index in [0.717, 1.165) is 31.5 Å². The van der Waals surface area contributed by atoms with E-state index in [2.05, 4.69) is 41.6 Å². The number of aryl methyl sites for hydroxylation is 1. The predicted molar refractivity (Wildman–Crippen MR) is 94.6 cm³/mol. The van der Waals surface area contributed by atoms with Gasteiger partial charge in [-0.3, -0.25) is 0 Å². The van der Waals surface area contributed by atoms with Crippen LogP contribution < -0.4 is 10.6 Å². The van der Waals surface area contributed by atoms with Crippen molar-refractivity contribution in [1.82, 2.24) is 10.6 Å². The Kier molecular flexibility index (Phi) is 7.75. The number of thiophene rings is 1. The lowest BCUT2D eigenvalue weighted by molar-refractivity contribution is 0.685. The highest BCUT2D eigenvalue weighted by molar-refractivity contribution is 14.0. The average Bonchev–Trinajstić information content (AvgIpc) is 3.08. The molecule has 108 valence electrons. The summed E-state index contributed by atoms with van der Waals surface area (Å²) in [7, 11) is 0. The molecular weight excluding hydrogens is 369 g/mol. The van der Waals surface area contributed by atoms with E-state index in [-0.39, 0.29) is 24.0 Å². The van der Waals surface area contributed by atoms with E-state index in [1.165, 1.54) is 29.0 Å². The Bertz CT molecular complexity index is 399. The van der Waals surface area contributed by atoms with E-state index < -0.39 is 0 Å². The van der Waals surface area contributed by atoms with Gasteiger partial charge < -0.3 is 10.6 Å². The molecule has 0 aromatic carbocycles. The van der Waals surface area contributed by atoms with Crippen molar-refractivity contribution < 1.29 is 0 Å². The third-order valence-corrected chi connectivity index (χ3v) is 4.06. The Balaban J connectivity index is 0.00000180. The second kappa shape index (κ2) is 8.79. The molecule has 19 heavy (non-hydrogen) atoms. The molecule has 0 atom stereocenters. The van der Waals surface area contributed by atoms with Gasteiger partial charge in [-0.25, -0.2) is 4.99 Å². The van der Waals surface area contributed by atoms with Crippen molar-refractivity contribution in [3.8, 4) is 0 Å². The normalized spacial score (nSPS) is 14.9. The highest BCUT2D eigenvalue weighted by atomic mass is 127. The minimum absolute atomic E-state index is 0. The Morgan fingerprint density at radius 2 is 2.16 bits per heavy atom. The first-order valence-corrected chi connectivity index (χ1v) is 7.67. The number of rotatable bonds is 6. The molecule has 0 bridgehead atoms. The topological polar surface area (TPSA) is 36.4 Å². The van der Waals surface area contributed by atoms with Gasteiger partial charge in [0.15, 0.2) is 5.96 Å². The molecule has 2 rings (SSSR count). The number of guanidine groups is 1. The van der Waals surface area contributed by atoms with Crippen molar-refractivity contribution in [3.05, 3.63) is 21.9 Å². The molecule has 0 amide bonds. The molecule has 3 nitrogen and oxygen atoms in total. The summed E-state index contributed by atoms with van der Waals surface area (Å²) >= 11 is 1.82. The lowest BCUT2D eigenvalue weighted by Gasteiger charge is -2.10. The monoisotopic (exact) mass is 393 g/mol. The second-order valence-electron chi connectivity index (χ2n) is 4.87. The van der Waals surface area contributed by atoms with Crippen LogP contribution in [-0.4, -0.2) is 19.0 Å². The Morgan fingerprint density at radius 3 is 2.74 bits per heavy atom. The van der Waals surface area contributed by atoms with Gasteiger partial charge in [0.25, 0.3) is 0 Å². The van der Waals surface area contributed by atoms with Crippen molar-refractivity contribution in [1.29, 1.82) is 0 Å². The van der Waals surface area contributed by atoms with E-state index in [1.807, 2.05) is 11.3 Å². The summed E-state index contributed by atoms with van der Waals surface area (Å²) in [4.78, 5) is 7.30. The second-order valence-corrected chi connectivity index (χ2v) is 6.24. The van der Waals surface area contributed by atoms with Crippen LogP contribution >= 0.6 is 35.3 Å². The van der Waals surface area contributed by atoms with Crippen LogP contribution in [0.2, 0.25) is 0 Å². The van der Waals surface area contributed by atoms with E-state index in [1.54, 1.807) is 0 Å². The lowest BCUT2D eigenvalue weighted by atomic mass is 10.3. The fourth-order valence-corrected chi connectivity index (χ4v) is 2.68. The van der Waals surface area contributed by atoms with Crippen LogP contribution in [-0.2, 0) is 6.54 Å². The van der Waals surface area contributed by atoms with E-state index in [4.69, 9.17) is 0 Å². The first-order valence-electron chi connectivity index (χ1n) is 6.85. The molecule has 0 unspecified atom stereocenters. The molecule has 1 fully saturated rings. The first-order chi connectivity index (χ1) is 8.78. The summed E-state index contributed by atoms with van der Waals surface area (Å²) in [6.07, 6.45) is 4.12. The molecule has 2 N–H and O–H groups in total. The van der Waals surface area contributed by atoms with E-state index >= 15 is 0 Å². The standard InChI is InChI=1S/C14H23N3S.HI/c1-3-15-14(16-9-8-12-5-6-12)17-10-13-7-4-11(2)18-13;/h4,7,12H,3,5-6,8-10H2,1-2H3,(H2,15,16,17);1H. The summed E-state index contributed by atoms with van der Waals surface area (Å²) in [5.74, 6) is 1.92. The Labute approximate surface area is 137 Å². The van der Waals surface area contributed by atoms with Gasteiger partial charge in [0.05, 0.1) is 6.54 Å². The summed E-state index contributed by atoms with van der Waals surface area (Å²) in [6.45, 7) is 6.97. The molecule has 0 radical (unpaired) electrons. The molecule has 0 spiro atoms. The fourth-order valence-electron chi connectivity index (χ4n) is 1.87. The van der Waals surface area contributed by atoms with Crippen LogP contribution in [0.15, 0.2) is 17.1 Å². The van der Waals surface area contributed by atoms with E-state index in [9.17, 15) is 0 Å². The minimum atomic E-state index is 0. The van der Waals surface area contributed by atoms with Crippen LogP contribution in [0.5, 0.6) is 0 Å². The van der Waals surface area contributed by atoms with Gasteiger partial charge in [-0.05, 0) is 38.3 Å². The highest BCUT2D eigenvalue weighted by Gasteiger charge is 2.20. The zero-order valence-corrected chi connectivity index (χ0v) is 14.9. The Morgan fingerprint density at radius 1 is 1.37 bits per heavy atom. The zero-order valence-electron chi connectivity index (χ0n) is 11.7. The molecule has 5 heteroatoms. The van der Waals surface area contributed by atoms with Crippen LogP contribution in [0.25, 0.3) is 0 Å². The highest BCUT2D eigenvalue weighted by Crippen LogP contribution is 2.31. The van der Waals surface area contributed by atoms with Gasteiger partial charge in [0.1, 0.15) is 0 Å². The number of nitrogens with zero attached hydrogens (tertiary/aromatic N) is 1. The molecule has 1 heterocycles. The third-order valence-electron chi connectivity index (χ3n) is 3.08. The van der Waals surface area contributed by atoms with Crippen LogP contribution in [0.1, 0.15) is 35.9 Å². The van der Waals surface area contributed by atoms with Crippen LogP contribution in [0.3, 0.4) is 0 Å². The predicted octanol–water partition coefficient (Wildman–Crippen LogP) is 3.53. The maximum atomic E-state index is 4.62. The molecular formula is C14H24IN3S. The maximum absolute atomic E-state index is 4.62. The largest absolute Gasteiger partial charge is 0.357 e. The van der Waals surface area contributed by atoms with Crippen molar-refractivity contribution in [3.63, 3.8) is 0 Å². The number of hydrogen-bond acceptors (Lipinski definition) is 2. The first kappa shape index (κ1) is 16.8. The van der Waals surface area contributed by atoms with Gasteiger partial charge in [-0.2, -0.15) is 0 Å². The van der Waals surface area contributed by atoms with Crippen molar-refractivity contribution in [2.75, 3.05) is 13.1 Å². The maximum Gasteiger partial charge on any atom is 0.191 e. The molecule has 1 aliphatic rings. The fraction of sp³-hybridized carbons (Fsp3) is 0.643. The number of halogens is 1. The van der Waals surface area contributed by atoms with Crippen molar-refractivity contribution in [2.45, 2.75) is 39.7 Å². The van der Waals surface area contributed by atoms with Crippen molar-refractivity contribution >= 4 is 41.3 Å². The number of nitrogens with one attached hydrogen (secondary N) is 2. The van der Waals surface area contributed by atoms with Gasteiger partial charge >= 0.3 is 0 Å². The Hall–Kier alpha value is -0.300. The summed E-state index contributed by atoms with van der Waals surface area (Å²) < 4.78 is 0. The van der Waals surface area contributed by atoms with E-state index in [0.29, 0.717) is 0 Å². The molecule has 1 aromatic heterocycles. The molecule has 1 aliphatic carbocycles. The summed E-state index contributed by atoms with van der Waals surface area (Å²) in [5.41, 5.74) is 0.